The third-order valence-corrected chi connectivity index (χ3v) is 4.72. The fourth-order valence-corrected chi connectivity index (χ4v) is 3.38. The Hall–Kier alpha value is -3.39. The molecule has 1 saturated heterocycles. The molecule has 3 heterocycles. The lowest BCUT2D eigenvalue weighted by molar-refractivity contribution is -0.140. The van der Waals surface area contributed by atoms with Crippen molar-refractivity contribution in [3.05, 3.63) is 59.4 Å². The first kappa shape index (κ1) is 18.0. The number of pyridine rings is 1. The van der Waals surface area contributed by atoms with Gasteiger partial charge in [0.05, 0.1) is 18.2 Å². The summed E-state index contributed by atoms with van der Waals surface area (Å²) in [4.78, 5) is 30.9. The second kappa shape index (κ2) is 7.32. The first-order valence-electron chi connectivity index (χ1n) is 8.69. The number of hydrogen-bond donors (Lipinski definition) is 1. The van der Waals surface area contributed by atoms with Crippen LogP contribution in [0.5, 0.6) is 11.5 Å². The quantitative estimate of drug-likeness (QED) is 0.479. The molecule has 1 amide bonds. The van der Waals surface area contributed by atoms with E-state index in [1.165, 1.54) is 12.0 Å². The van der Waals surface area contributed by atoms with Crippen LogP contribution in [-0.2, 0) is 14.3 Å². The molecule has 1 fully saturated rings. The van der Waals surface area contributed by atoms with Gasteiger partial charge in [0.2, 0.25) is 6.79 Å². The summed E-state index contributed by atoms with van der Waals surface area (Å²) in [6, 6.07) is 7.57. The van der Waals surface area contributed by atoms with Gasteiger partial charge in [-0.25, -0.2) is 0 Å². The van der Waals surface area contributed by atoms with Crippen molar-refractivity contribution in [2.45, 2.75) is 6.04 Å². The van der Waals surface area contributed by atoms with E-state index in [2.05, 4.69) is 4.98 Å². The van der Waals surface area contributed by atoms with Gasteiger partial charge in [0, 0.05) is 31.6 Å². The van der Waals surface area contributed by atoms with Gasteiger partial charge in [-0.3, -0.25) is 14.6 Å². The van der Waals surface area contributed by atoms with Crippen LogP contribution in [0.3, 0.4) is 0 Å². The average Bonchev–Trinajstić information content (AvgIpc) is 3.29. The topological polar surface area (TPSA) is 98.2 Å². The SMILES string of the molecule is COCCN1C(=O)C(=O)/C(=C(\O)c2ccc3c(c2)OCO3)C1c1cccnc1. The number of ether oxygens (including phenoxy) is 3. The van der Waals surface area contributed by atoms with E-state index in [1.807, 2.05) is 0 Å². The molecule has 28 heavy (non-hydrogen) atoms. The lowest BCUT2D eigenvalue weighted by Gasteiger charge is -2.24. The molecule has 1 N–H and O–H groups in total. The second-order valence-electron chi connectivity index (χ2n) is 6.34. The van der Waals surface area contributed by atoms with Gasteiger partial charge in [-0.2, -0.15) is 0 Å². The lowest BCUT2D eigenvalue weighted by atomic mass is 9.96. The molecule has 1 aromatic heterocycles. The van der Waals surface area contributed by atoms with Crippen LogP contribution in [0.25, 0.3) is 5.76 Å². The molecule has 1 aromatic carbocycles. The molecule has 4 rings (SSSR count). The van der Waals surface area contributed by atoms with Gasteiger partial charge >= 0.3 is 0 Å². The highest BCUT2D eigenvalue weighted by atomic mass is 16.7. The molecule has 0 spiro atoms. The molecule has 8 heteroatoms. The normalized spacial score (nSPS) is 20.0. The average molecular weight is 382 g/mol. The summed E-state index contributed by atoms with van der Waals surface area (Å²) in [7, 11) is 1.52. The number of carbonyl (C=O) groups is 2. The van der Waals surface area contributed by atoms with E-state index in [0.29, 0.717) is 22.6 Å². The van der Waals surface area contributed by atoms with E-state index in [1.54, 1.807) is 42.7 Å². The number of amides is 1. The minimum atomic E-state index is -0.755. The Morgan fingerprint density at radius 3 is 2.86 bits per heavy atom. The Morgan fingerprint density at radius 2 is 2.11 bits per heavy atom. The van der Waals surface area contributed by atoms with Gasteiger partial charge < -0.3 is 24.2 Å². The number of Topliss-reactive ketones (excluding diaryl/α,β-unsaturated/α-hetero) is 1. The van der Waals surface area contributed by atoms with Gasteiger partial charge in [-0.05, 0) is 29.8 Å². The number of hydrogen-bond acceptors (Lipinski definition) is 7. The van der Waals surface area contributed by atoms with Gasteiger partial charge in [0.25, 0.3) is 11.7 Å². The van der Waals surface area contributed by atoms with Crippen molar-refractivity contribution < 1.29 is 28.9 Å². The molecule has 0 aliphatic carbocycles. The standard InChI is InChI=1S/C20H18N2O6/c1-26-8-7-22-17(13-3-2-6-21-10-13)16(19(24)20(22)25)18(23)12-4-5-14-15(9-12)28-11-27-14/h2-6,9-10,17,23H,7-8,11H2,1H3/b18-16-. The summed E-state index contributed by atoms with van der Waals surface area (Å²) in [5, 5.41) is 10.9. The summed E-state index contributed by atoms with van der Waals surface area (Å²) in [6.07, 6.45) is 3.17. The smallest absolute Gasteiger partial charge is 0.295 e. The van der Waals surface area contributed by atoms with Crippen molar-refractivity contribution >= 4 is 17.4 Å². The summed E-state index contributed by atoms with van der Waals surface area (Å²) in [5.74, 6) is -0.685. The van der Waals surface area contributed by atoms with Crippen molar-refractivity contribution in [2.24, 2.45) is 0 Å². The Balaban J connectivity index is 1.83. The molecule has 1 atom stereocenters. The fraction of sp³-hybridized carbons (Fsp3) is 0.250. The zero-order valence-corrected chi connectivity index (χ0v) is 15.1. The Bertz CT molecular complexity index is 956. The van der Waals surface area contributed by atoms with Gasteiger partial charge in [-0.1, -0.05) is 6.07 Å². The van der Waals surface area contributed by atoms with E-state index in [0.717, 1.165) is 0 Å². The summed E-state index contributed by atoms with van der Waals surface area (Å²) in [5.41, 5.74) is 0.996. The predicted molar refractivity (Wildman–Crippen MR) is 97.7 cm³/mol. The van der Waals surface area contributed by atoms with Crippen molar-refractivity contribution in [1.29, 1.82) is 0 Å². The van der Waals surface area contributed by atoms with Crippen LogP contribution in [0.4, 0.5) is 0 Å². The molecule has 8 nitrogen and oxygen atoms in total. The predicted octanol–water partition coefficient (Wildman–Crippen LogP) is 1.88. The molecule has 144 valence electrons. The zero-order chi connectivity index (χ0) is 19.7. The molecular formula is C20H18N2O6. The summed E-state index contributed by atoms with van der Waals surface area (Å²) in [6.45, 7) is 0.559. The maximum Gasteiger partial charge on any atom is 0.295 e. The van der Waals surface area contributed by atoms with E-state index in [9.17, 15) is 14.7 Å². The number of rotatable bonds is 5. The van der Waals surface area contributed by atoms with E-state index in [4.69, 9.17) is 14.2 Å². The van der Waals surface area contributed by atoms with Crippen LogP contribution < -0.4 is 9.47 Å². The highest BCUT2D eigenvalue weighted by Gasteiger charge is 2.46. The first-order chi connectivity index (χ1) is 13.6. The minimum absolute atomic E-state index is 0.00738. The third kappa shape index (κ3) is 2.97. The van der Waals surface area contributed by atoms with E-state index >= 15 is 0 Å². The van der Waals surface area contributed by atoms with Crippen LogP contribution >= 0.6 is 0 Å². The van der Waals surface area contributed by atoms with Gasteiger partial charge in [-0.15, -0.1) is 0 Å². The number of aromatic nitrogens is 1. The van der Waals surface area contributed by atoms with Crippen LogP contribution in [-0.4, -0.2) is 53.7 Å². The molecule has 0 bridgehead atoms. The number of methoxy groups -OCH3 is 1. The number of ketones is 1. The number of aliphatic hydroxyl groups is 1. The Kier molecular flexibility index (Phi) is 4.70. The maximum absolute atomic E-state index is 12.8. The molecule has 2 aliphatic rings. The van der Waals surface area contributed by atoms with E-state index in [-0.39, 0.29) is 31.3 Å². The summed E-state index contributed by atoms with van der Waals surface area (Å²) < 4.78 is 15.7. The Labute approximate surface area is 161 Å². The maximum atomic E-state index is 12.8. The first-order valence-corrected chi connectivity index (χ1v) is 8.69. The van der Waals surface area contributed by atoms with Crippen molar-refractivity contribution in [3.63, 3.8) is 0 Å². The molecule has 0 radical (unpaired) electrons. The van der Waals surface area contributed by atoms with Crippen LogP contribution in [0.2, 0.25) is 0 Å². The number of fused-ring (bicyclic) bond motifs is 1. The van der Waals surface area contributed by atoms with Crippen molar-refractivity contribution in [3.8, 4) is 11.5 Å². The van der Waals surface area contributed by atoms with Crippen molar-refractivity contribution in [1.82, 2.24) is 9.88 Å². The highest BCUT2D eigenvalue weighted by molar-refractivity contribution is 6.46. The third-order valence-electron chi connectivity index (χ3n) is 4.72. The molecule has 0 saturated carbocycles. The minimum Gasteiger partial charge on any atom is -0.507 e. The van der Waals surface area contributed by atoms with Crippen LogP contribution in [0, 0.1) is 0 Å². The highest BCUT2D eigenvalue weighted by Crippen LogP contribution is 2.41. The Morgan fingerprint density at radius 1 is 1.29 bits per heavy atom. The number of likely N-dealkylation sites (tertiary alicyclic amines) is 1. The molecule has 1 unspecified atom stereocenters. The van der Waals surface area contributed by atoms with Crippen LogP contribution in [0.1, 0.15) is 17.2 Å². The van der Waals surface area contributed by atoms with Gasteiger partial charge in [0.1, 0.15) is 5.76 Å². The molecule has 2 aliphatic heterocycles. The lowest BCUT2D eigenvalue weighted by Crippen LogP contribution is -2.32. The fourth-order valence-electron chi connectivity index (χ4n) is 3.38. The van der Waals surface area contributed by atoms with E-state index < -0.39 is 17.7 Å². The number of aliphatic hydroxyl groups excluding tert-OH is 1. The molecular weight excluding hydrogens is 364 g/mol. The number of benzene rings is 1. The summed E-state index contributed by atoms with van der Waals surface area (Å²) >= 11 is 0. The van der Waals surface area contributed by atoms with Crippen molar-refractivity contribution in [2.75, 3.05) is 27.1 Å². The second-order valence-corrected chi connectivity index (χ2v) is 6.34. The molecule has 2 aromatic rings. The number of carbonyl (C=O) groups excluding carboxylic acids is 2. The monoisotopic (exact) mass is 382 g/mol. The largest absolute Gasteiger partial charge is 0.507 e. The number of nitrogens with zero attached hydrogens (tertiary/aromatic N) is 2. The zero-order valence-electron chi connectivity index (χ0n) is 15.1. The van der Waals surface area contributed by atoms with Gasteiger partial charge in [0.15, 0.2) is 11.5 Å². The van der Waals surface area contributed by atoms with Crippen LogP contribution in [0.15, 0.2) is 48.3 Å².